The zero-order valence-electron chi connectivity index (χ0n) is 18.3. The average Bonchev–Trinajstić information content (AvgIpc) is 2.79. The minimum Gasteiger partial charge on any atom is -0.376 e. The number of aryl methyl sites for hydroxylation is 1. The lowest BCUT2D eigenvalue weighted by atomic mass is 9.96. The lowest BCUT2D eigenvalue weighted by Gasteiger charge is -2.33. The van der Waals surface area contributed by atoms with Crippen LogP contribution in [0.1, 0.15) is 24.1 Å². The van der Waals surface area contributed by atoms with Crippen molar-refractivity contribution in [2.75, 3.05) is 82.1 Å². The summed E-state index contributed by atoms with van der Waals surface area (Å²) in [5.74, 6) is 1.52. The summed E-state index contributed by atoms with van der Waals surface area (Å²) in [6.45, 7) is 5.80. The van der Waals surface area contributed by atoms with E-state index in [1.807, 2.05) is 0 Å². The van der Waals surface area contributed by atoms with E-state index in [4.69, 9.17) is 19.4 Å². The number of rotatable bonds is 8. The molecule has 11 heteroatoms. The predicted octanol–water partition coefficient (Wildman–Crippen LogP) is -0.146. The smallest absolute Gasteiger partial charge is 0.227 e. The van der Waals surface area contributed by atoms with Crippen molar-refractivity contribution in [3.05, 3.63) is 11.3 Å². The van der Waals surface area contributed by atoms with E-state index in [9.17, 15) is 8.42 Å². The van der Waals surface area contributed by atoms with Crippen LogP contribution in [-0.2, 0) is 32.3 Å². The minimum absolute atomic E-state index is 0.0246. The zero-order chi connectivity index (χ0) is 21.7. The minimum atomic E-state index is -3.42. The Labute approximate surface area is 184 Å². The van der Waals surface area contributed by atoms with Crippen LogP contribution < -0.4 is 14.9 Å². The third-order valence-electron chi connectivity index (χ3n) is 6.04. The largest absolute Gasteiger partial charge is 0.376 e. The van der Waals surface area contributed by atoms with Crippen LogP contribution in [0.3, 0.4) is 0 Å². The fourth-order valence-electron chi connectivity index (χ4n) is 4.13. The third-order valence-corrected chi connectivity index (χ3v) is 7.38. The van der Waals surface area contributed by atoms with Crippen molar-refractivity contribution in [3.8, 4) is 0 Å². The fourth-order valence-corrected chi connectivity index (χ4v) is 5.08. The highest BCUT2D eigenvalue weighted by atomic mass is 32.2. The maximum absolute atomic E-state index is 12.4. The Morgan fingerprint density at radius 2 is 1.90 bits per heavy atom. The van der Waals surface area contributed by atoms with Crippen LogP contribution in [0.15, 0.2) is 0 Å². The van der Waals surface area contributed by atoms with Gasteiger partial charge in [-0.3, -0.25) is 0 Å². The Kier molecular flexibility index (Phi) is 7.59. The van der Waals surface area contributed by atoms with E-state index in [0.717, 1.165) is 74.9 Å². The molecule has 0 radical (unpaired) electrons. The lowest BCUT2D eigenvalue weighted by molar-refractivity contribution is -0.0846. The first-order chi connectivity index (χ1) is 15.0. The summed E-state index contributed by atoms with van der Waals surface area (Å²) in [6.07, 6.45) is 3.91. The number of anilines is 2. The standard InChI is InChI=1S/C20H34N6O4S/c1-25-7-9-26(10-8-25)20-23-18-5-3-2-4-17(18)19(24-20)21-6-13-31(27,28)22-14-16-15-29-11-12-30-16/h16,22H,2-15H2,1H3,(H,21,23,24). The summed E-state index contributed by atoms with van der Waals surface area (Å²) in [7, 11) is -1.29. The van der Waals surface area contributed by atoms with E-state index >= 15 is 0 Å². The first-order valence-corrected chi connectivity index (χ1v) is 12.9. The second kappa shape index (κ2) is 10.4. The Morgan fingerprint density at radius 1 is 1.10 bits per heavy atom. The highest BCUT2D eigenvalue weighted by molar-refractivity contribution is 7.89. The molecule has 2 saturated heterocycles. The molecule has 1 unspecified atom stereocenters. The zero-order valence-corrected chi connectivity index (χ0v) is 19.1. The van der Waals surface area contributed by atoms with E-state index in [0.29, 0.717) is 26.4 Å². The van der Waals surface area contributed by atoms with Gasteiger partial charge in [0.25, 0.3) is 0 Å². The second-order valence-corrected chi connectivity index (χ2v) is 10.4. The lowest BCUT2D eigenvalue weighted by Crippen LogP contribution is -2.45. The van der Waals surface area contributed by atoms with Gasteiger partial charge < -0.3 is 24.6 Å². The summed E-state index contributed by atoms with van der Waals surface area (Å²) < 4.78 is 38.2. The number of likely N-dealkylation sites (N-methyl/N-ethyl adjacent to an activating group) is 1. The van der Waals surface area contributed by atoms with Gasteiger partial charge in [-0.2, -0.15) is 4.98 Å². The number of ether oxygens (including phenoxy) is 2. The van der Waals surface area contributed by atoms with E-state index in [1.165, 1.54) is 0 Å². The SMILES string of the molecule is CN1CCN(c2nc3c(c(NCCS(=O)(=O)NCC4COCCO4)n2)CCCC3)CC1. The molecule has 0 spiro atoms. The molecule has 174 valence electrons. The monoisotopic (exact) mass is 454 g/mol. The van der Waals surface area contributed by atoms with Gasteiger partial charge in [0.15, 0.2) is 0 Å². The van der Waals surface area contributed by atoms with Gasteiger partial charge >= 0.3 is 0 Å². The molecule has 1 aromatic heterocycles. The summed E-state index contributed by atoms with van der Waals surface area (Å²) in [5.41, 5.74) is 2.25. The van der Waals surface area contributed by atoms with Crippen molar-refractivity contribution in [3.63, 3.8) is 0 Å². The van der Waals surface area contributed by atoms with Crippen LogP contribution in [0, 0.1) is 0 Å². The summed E-state index contributed by atoms with van der Waals surface area (Å²) in [6, 6.07) is 0. The van der Waals surface area contributed by atoms with Crippen LogP contribution in [0.5, 0.6) is 0 Å². The molecule has 0 amide bonds. The Bertz CT molecular complexity index is 838. The molecule has 0 bridgehead atoms. The molecule has 3 aliphatic rings. The number of hydrogen-bond acceptors (Lipinski definition) is 9. The van der Waals surface area contributed by atoms with Gasteiger partial charge in [-0.15, -0.1) is 0 Å². The van der Waals surface area contributed by atoms with Crippen molar-refractivity contribution in [1.82, 2.24) is 19.6 Å². The molecule has 0 aromatic carbocycles. The number of nitrogens with zero attached hydrogens (tertiary/aromatic N) is 4. The predicted molar refractivity (Wildman–Crippen MR) is 119 cm³/mol. The number of hydrogen-bond donors (Lipinski definition) is 2. The molecule has 2 N–H and O–H groups in total. The fraction of sp³-hybridized carbons (Fsp3) is 0.800. The van der Waals surface area contributed by atoms with Crippen molar-refractivity contribution in [2.45, 2.75) is 31.8 Å². The van der Waals surface area contributed by atoms with E-state index in [-0.39, 0.29) is 18.4 Å². The molecule has 10 nitrogen and oxygen atoms in total. The number of nitrogens with one attached hydrogen (secondary N) is 2. The normalized spacial score (nSPS) is 22.9. The second-order valence-electron chi connectivity index (χ2n) is 8.46. The Morgan fingerprint density at radius 3 is 2.68 bits per heavy atom. The van der Waals surface area contributed by atoms with E-state index in [2.05, 4.69) is 26.9 Å². The van der Waals surface area contributed by atoms with Gasteiger partial charge in [-0.1, -0.05) is 0 Å². The van der Waals surface area contributed by atoms with Gasteiger partial charge in [0.05, 0.1) is 37.4 Å². The molecule has 31 heavy (non-hydrogen) atoms. The number of piperazine rings is 1. The molecule has 2 aliphatic heterocycles. The molecule has 1 aliphatic carbocycles. The van der Waals surface area contributed by atoms with Crippen molar-refractivity contribution in [2.24, 2.45) is 0 Å². The number of fused-ring (bicyclic) bond motifs is 1. The Balaban J connectivity index is 1.37. The average molecular weight is 455 g/mol. The summed E-state index contributed by atoms with van der Waals surface area (Å²) in [4.78, 5) is 14.2. The van der Waals surface area contributed by atoms with Crippen LogP contribution in [0.25, 0.3) is 0 Å². The van der Waals surface area contributed by atoms with Crippen molar-refractivity contribution < 1.29 is 17.9 Å². The van der Waals surface area contributed by atoms with Gasteiger partial charge in [-0.05, 0) is 32.7 Å². The van der Waals surface area contributed by atoms with Gasteiger partial charge in [0.2, 0.25) is 16.0 Å². The van der Waals surface area contributed by atoms with Gasteiger partial charge in [0.1, 0.15) is 5.82 Å². The molecule has 1 aromatic rings. The van der Waals surface area contributed by atoms with Gasteiger partial charge in [0, 0.05) is 44.8 Å². The van der Waals surface area contributed by atoms with Crippen LogP contribution in [0.4, 0.5) is 11.8 Å². The first-order valence-electron chi connectivity index (χ1n) is 11.2. The van der Waals surface area contributed by atoms with E-state index in [1.54, 1.807) is 0 Å². The third kappa shape index (κ3) is 6.26. The molecule has 2 fully saturated rings. The molecule has 3 heterocycles. The Hall–Kier alpha value is -1.53. The maximum Gasteiger partial charge on any atom is 0.227 e. The van der Waals surface area contributed by atoms with Crippen molar-refractivity contribution >= 4 is 21.8 Å². The van der Waals surface area contributed by atoms with Crippen LogP contribution >= 0.6 is 0 Å². The number of sulfonamides is 1. The van der Waals surface area contributed by atoms with Crippen LogP contribution in [-0.4, -0.2) is 101 Å². The highest BCUT2D eigenvalue weighted by Crippen LogP contribution is 2.28. The molecule has 0 saturated carbocycles. The summed E-state index contributed by atoms with van der Waals surface area (Å²) >= 11 is 0. The topological polar surface area (TPSA) is 109 Å². The number of aromatic nitrogens is 2. The molecular formula is C20H34N6O4S. The van der Waals surface area contributed by atoms with Crippen LogP contribution in [0.2, 0.25) is 0 Å². The van der Waals surface area contributed by atoms with Gasteiger partial charge in [-0.25, -0.2) is 18.1 Å². The molecular weight excluding hydrogens is 420 g/mol. The molecule has 4 rings (SSSR count). The quantitative estimate of drug-likeness (QED) is 0.554. The van der Waals surface area contributed by atoms with Crippen molar-refractivity contribution in [1.29, 1.82) is 0 Å². The maximum atomic E-state index is 12.4. The highest BCUT2D eigenvalue weighted by Gasteiger charge is 2.23. The van der Waals surface area contributed by atoms with E-state index < -0.39 is 10.0 Å². The first kappa shape index (κ1) is 22.7. The molecule has 1 atom stereocenters. The summed E-state index contributed by atoms with van der Waals surface area (Å²) in [5, 5.41) is 3.29.